The monoisotopic (exact) mass is 302 g/mol. The van der Waals surface area contributed by atoms with Gasteiger partial charge in [0.25, 0.3) is 0 Å². The molecule has 4 atom stereocenters. The van der Waals surface area contributed by atoms with Crippen LogP contribution in [0.4, 0.5) is 0 Å². The third-order valence-electron chi connectivity index (χ3n) is 5.09. The molecule has 1 fully saturated rings. The Morgan fingerprint density at radius 2 is 1.86 bits per heavy atom. The lowest BCUT2D eigenvalue weighted by atomic mass is 9.75. The van der Waals surface area contributed by atoms with Crippen LogP contribution in [0.3, 0.4) is 0 Å². The molecule has 122 valence electrons. The minimum Gasteiger partial charge on any atom is -0.462 e. The minimum absolute atomic E-state index is 0.0406. The molecule has 0 unspecified atom stereocenters. The van der Waals surface area contributed by atoms with Gasteiger partial charge in [0, 0.05) is 0 Å². The predicted molar refractivity (Wildman–Crippen MR) is 90.7 cm³/mol. The molecule has 22 heavy (non-hydrogen) atoms. The maximum absolute atomic E-state index is 12.3. The lowest BCUT2D eigenvalue weighted by Crippen LogP contribution is -2.36. The van der Waals surface area contributed by atoms with Crippen LogP contribution in [0.15, 0.2) is 30.3 Å². The van der Waals surface area contributed by atoms with Gasteiger partial charge in [-0.1, -0.05) is 64.4 Å². The summed E-state index contributed by atoms with van der Waals surface area (Å²) in [4.78, 5) is 12.3. The van der Waals surface area contributed by atoms with E-state index in [0.717, 1.165) is 6.42 Å². The fraction of sp³-hybridized carbons (Fsp3) is 0.650. The van der Waals surface area contributed by atoms with E-state index in [1.165, 1.54) is 18.4 Å². The van der Waals surface area contributed by atoms with E-state index in [4.69, 9.17) is 4.74 Å². The van der Waals surface area contributed by atoms with Gasteiger partial charge in [-0.05, 0) is 42.1 Å². The van der Waals surface area contributed by atoms with Crippen LogP contribution in [-0.4, -0.2) is 12.1 Å². The third kappa shape index (κ3) is 4.59. The highest BCUT2D eigenvalue weighted by molar-refractivity contribution is 5.70. The fourth-order valence-corrected chi connectivity index (χ4v) is 3.62. The summed E-state index contributed by atoms with van der Waals surface area (Å²) in [6, 6.07) is 10.2. The summed E-state index contributed by atoms with van der Waals surface area (Å²) >= 11 is 0. The van der Waals surface area contributed by atoms with Crippen molar-refractivity contribution < 1.29 is 9.53 Å². The van der Waals surface area contributed by atoms with Gasteiger partial charge < -0.3 is 4.74 Å². The number of carbonyl (C=O) groups excluding carboxylic acids is 1. The molecular weight excluding hydrogens is 272 g/mol. The molecule has 1 aliphatic rings. The Hall–Kier alpha value is -1.31. The van der Waals surface area contributed by atoms with Crippen molar-refractivity contribution in [3.8, 4) is 0 Å². The second-order valence-electron chi connectivity index (χ2n) is 7.37. The second kappa shape index (κ2) is 7.80. The molecule has 2 heteroatoms. The molecule has 0 N–H and O–H groups in total. The maximum atomic E-state index is 12.3. The number of ether oxygens (including phenoxy) is 1. The molecule has 0 aromatic heterocycles. The van der Waals surface area contributed by atoms with Crippen LogP contribution >= 0.6 is 0 Å². The number of benzene rings is 1. The van der Waals surface area contributed by atoms with Gasteiger partial charge in [0.05, 0.1) is 6.42 Å². The van der Waals surface area contributed by atoms with Gasteiger partial charge >= 0.3 is 5.97 Å². The van der Waals surface area contributed by atoms with Crippen molar-refractivity contribution >= 4 is 5.97 Å². The zero-order chi connectivity index (χ0) is 16.1. The lowest BCUT2D eigenvalue weighted by Gasteiger charge is -2.36. The van der Waals surface area contributed by atoms with Crippen molar-refractivity contribution in [3.05, 3.63) is 35.9 Å². The Balaban J connectivity index is 1.92. The van der Waals surface area contributed by atoms with E-state index >= 15 is 0 Å². The van der Waals surface area contributed by atoms with E-state index in [1.807, 2.05) is 18.2 Å². The highest BCUT2D eigenvalue weighted by atomic mass is 16.5. The van der Waals surface area contributed by atoms with Crippen LogP contribution in [0.5, 0.6) is 0 Å². The molecule has 0 bridgehead atoms. The fourth-order valence-electron chi connectivity index (χ4n) is 3.62. The molecule has 0 spiro atoms. The molecular formula is C20H30O2. The normalized spacial score (nSPS) is 26.7. The Morgan fingerprint density at radius 3 is 2.50 bits per heavy atom. The van der Waals surface area contributed by atoms with Crippen LogP contribution in [0, 0.1) is 17.8 Å². The summed E-state index contributed by atoms with van der Waals surface area (Å²) in [5, 5.41) is 0. The van der Waals surface area contributed by atoms with E-state index in [9.17, 15) is 4.79 Å². The molecule has 1 aromatic carbocycles. The molecule has 2 nitrogen and oxygen atoms in total. The molecule has 1 saturated carbocycles. The Morgan fingerprint density at radius 1 is 1.18 bits per heavy atom. The smallest absolute Gasteiger partial charge is 0.306 e. The third-order valence-corrected chi connectivity index (χ3v) is 5.09. The van der Waals surface area contributed by atoms with Gasteiger partial charge in [0.15, 0.2) is 0 Å². The summed E-state index contributed by atoms with van der Waals surface area (Å²) in [6.45, 7) is 8.85. The van der Waals surface area contributed by atoms with E-state index in [-0.39, 0.29) is 18.0 Å². The molecule has 1 aromatic rings. The molecule has 0 aliphatic heterocycles. The van der Waals surface area contributed by atoms with Crippen molar-refractivity contribution in [1.82, 2.24) is 0 Å². The summed E-state index contributed by atoms with van der Waals surface area (Å²) in [5.74, 6) is 1.94. The number of rotatable bonds is 5. The van der Waals surface area contributed by atoms with Crippen LogP contribution in [0.2, 0.25) is 0 Å². The van der Waals surface area contributed by atoms with Gasteiger partial charge in [-0.15, -0.1) is 0 Å². The summed E-state index contributed by atoms with van der Waals surface area (Å²) < 4.78 is 5.89. The lowest BCUT2D eigenvalue weighted by molar-refractivity contribution is -0.156. The molecule has 2 rings (SSSR count). The molecule has 0 radical (unpaired) electrons. The number of hydrogen-bond acceptors (Lipinski definition) is 2. The van der Waals surface area contributed by atoms with Crippen LogP contribution in [-0.2, 0) is 9.53 Å². The molecule has 0 amide bonds. The zero-order valence-corrected chi connectivity index (χ0v) is 14.4. The summed E-state index contributed by atoms with van der Waals surface area (Å²) in [5.41, 5.74) is 1.21. The highest BCUT2D eigenvalue weighted by Crippen LogP contribution is 2.35. The van der Waals surface area contributed by atoms with Gasteiger partial charge in [0.2, 0.25) is 0 Å². The number of carbonyl (C=O) groups is 1. The van der Waals surface area contributed by atoms with Crippen LogP contribution < -0.4 is 0 Å². The number of esters is 1. The zero-order valence-electron chi connectivity index (χ0n) is 14.4. The largest absolute Gasteiger partial charge is 0.462 e. The van der Waals surface area contributed by atoms with Crippen molar-refractivity contribution in [2.75, 3.05) is 0 Å². The van der Waals surface area contributed by atoms with Crippen molar-refractivity contribution in [2.45, 2.75) is 65.4 Å². The minimum atomic E-state index is -0.0406. The Kier molecular flexibility index (Phi) is 6.05. The summed E-state index contributed by atoms with van der Waals surface area (Å²) in [7, 11) is 0. The maximum Gasteiger partial charge on any atom is 0.306 e. The van der Waals surface area contributed by atoms with Gasteiger partial charge in [-0.3, -0.25) is 4.79 Å². The highest BCUT2D eigenvalue weighted by Gasteiger charge is 2.33. The first-order valence-corrected chi connectivity index (χ1v) is 8.71. The molecule has 0 heterocycles. The topological polar surface area (TPSA) is 26.3 Å². The predicted octanol–water partition coefficient (Wildman–Crippen LogP) is 5.18. The van der Waals surface area contributed by atoms with Crippen molar-refractivity contribution in [3.63, 3.8) is 0 Å². The SMILES string of the molecule is CC(C)[C@H]1CC[C@@H](C)C[C@H]1OC(=O)C[C@H](C)c1ccccc1. The van der Waals surface area contributed by atoms with E-state index in [1.54, 1.807) is 0 Å². The molecule has 1 aliphatic carbocycles. The van der Waals surface area contributed by atoms with Crippen molar-refractivity contribution in [2.24, 2.45) is 17.8 Å². The Bertz CT molecular complexity index is 466. The van der Waals surface area contributed by atoms with Gasteiger partial charge in [-0.25, -0.2) is 0 Å². The first kappa shape index (κ1) is 17.1. The average Bonchev–Trinajstić information content (AvgIpc) is 2.47. The standard InChI is InChI=1S/C20H30O2/c1-14(2)18-11-10-15(3)12-19(18)22-20(21)13-16(4)17-8-6-5-7-9-17/h5-9,14-16,18-19H,10-13H2,1-4H3/t15-,16+,18-,19-/m1/s1. The van der Waals surface area contributed by atoms with E-state index < -0.39 is 0 Å². The quantitative estimate of drug-likeness (QED) is 0.700. The van der Waals surface area contributed by atoms with Crippen LogP contribution in [0.1, 0.15) is 64.9 Å². The summed E-state index contributed by atoms with van der Waals surface area (Å²) in [6.07, 6.45) is 4.05. The van der Waals surface area contributed by atoms with Crippen LogP contribution in [0.25, 0.3) is 0 Å². The molecule has 0 saturated heterocycles. The Labute approximate surface area is 135 Å². The van der Waals surface area contributed by atoms with Gasteiger partial charge in [-0.2, -0.15) is 0 Å². The van der Waals surface area contributed by atoms with E-state index in [0.29, 0.717) is 24.2 Å². The first-order chi connectivity index (χ1) is 10.5. The second-order valence-corrected chi connectivity index (χ2v) is 7.37. The van der Waals surface area contributed by atoms with E-state index in [2.05, 4.69) is 39.8 Å². The van der Waals surface area contributed by atoms with Crippen molar-refractivity contribution in [1.29, 1.82) is 0 Å². The average molecular weight is 302 g/mol. The van der Waals surface area contributed by atoms with Gasteiger partial charge in [0.1, 0.15) is 6.10 Å². The number of hydrogen-bond donors (Lipinski definition) is 0. The first-order valence-electron chi connectivity index (χ1n) is 8.71.